The molecule has 2 aromatic carbocycles. The number of rotatable bonds is 5. The number of hydrogen-bond acceptors (Lipinski definition) is 3. The fourth-order valence-corrected chi connectivity index (χ4v) is 4.13. The topological polar surface area (TPSA) is 59.4 Å². The molecule has 0 radical (unpaired) electrons. The van der Waals surface area contributed by atoms with Crippen LogP contribution in [0.25, 0.3) is 16.5 Å². The van der Waals surface area contributed by atoms with E-state index in [2.05, 4.69) is 4.98 Å². The van der Waals surface area contributed by atoms with Crippen LogP contribution in [0, 0.1) is 5.82 Å². The first-order valence-corrected chi connectivity index (χ1v) is 9.92. The Kier molecular flexibility index (Phi) is 5.41. The third kappa shape index (κ3) is 3.62. The second-order valence-corrected chi connectivity index (χ2v) is 7.50. The van der Waals surface area contributed by atoms with Crippen molar-refractivity contribution in [2.45, 2.75) is 18.9 Å². The molecule has 1 aromatic heterocycles. The van der Waals surface area contributed by atoms with E-state index in [-0.39, 0.29) is 10.9 Å². The second kappa shape index (κ2) is 8.01. The number of aromatic carboxylic acids is 1. The summed E-state index contributed by atoms with van der Waals surface area (Å²) in [5.74, 6) is -1.68. The average molecular weight is 424 g/mol. The van der Waals surface area contributed by atoms with Crippen LogP contribution < -0.4 is 0 Å². The Hall–Kier alpha value is -3.02. The standard InChI is InChI=1S/C24H19ClFNO3/c1-2-30-24(11-10-17(20(25)14-24)15-6-4-3-5-7-15)22-13-19(23(28)29)18-12-16(26)8-9-21(18)27-22/h3-13H,2,14H2,1H3,(H,28,29). The Morgan fingerprint density at radius 2 is 2.00 bits per heavy atom. The van der Waals surface area contributed by atoms with Crippen molar-refractivity contribution in [3.63, 3.8) is 0 Å². The van der Waals surface area contributed by atoms with E-state index in [9.17, 15) is 14.3 Å². The molecule has 0 amide bonds. The summed E-state index contributed by atoms with van der Waals surface area (Å²) >= 11 is 6.68. The van der Waals surface area contributed by atoms with Crippen molar-refractivity contribution in [2.24, 2.45) is 0 Å². The molecule has 152 valence electrons. The summed E-state index contributed by atoms with van der Waals surface area (Å²) in [4.78, 5) is 16.5. The number of benzene rings is 2. The predicted molar refractivity (Wildman–Crippen MR) is 115 cm³/mol. The quantitative estimate of drug-likeness (QED) is 0.553. The smallest absolute Gasteiger partial charge is 0.336 e. The van der Waals surface area contributed by atoms with Gasteiger partial charge in [-0.25, -0.2) is 14.2 Å². The molecule has 0 fully saturated rings. The maximum atomic E-state index is 13.7. The molecule has 1 N–H and O–H groups in total. The number of aromatic nitrogens is 1. The third-order valence-electron chi connectivity index (χ3n) is 5.15. The summed E-state index contributed by atoms with van der Waals surface area (Å²) in [5, 5.41) is 10.5. The minimum absolute atomic E-state index is 0.0315. The molecule has 4 rings (SSSR count). The lowest BCUT2D eigenvalue weighted by atomic mass is 9.85. The molecule has 30 heavy (non-hydrogen) atoms. The van der Waals surface area contributed by atoms with E-state index in [1.165, 1.54) is 24.3 Å². The molecular weight excluding hydrogens is 405 g/mol. The van der Waals surface area contributed by atoms with Gasteiger partial charge in [-0.1, -0.05) is 48.0 Å². The number of carbonyl (C=O) groups is 1. The predicted octanol–water partition coefficient (Wildman–Crippen LogP) is 5.91. The van der Waals surface area contributed by atoms with Gasteiger partial charge in [0.25, 0.3) is 0 Å². The van der Waals surface area contributed by atoms with Crippen LogP contribution >= 0.6 is 11.6 Å². The van der Waals surface area contributed by atoms with Gasteiger partial charge >= 0.3 is 5.97 Å². The van der Waals surface area contributed by atoms with Gasteiger partial charge in [0.1, 0.15) is 11.4 Å². The lowest BCUT2D eigenvalue weighted by molar-refractivity contribution is -0.00694. The van der Waals surface area contributed by atoms with Crippen LogP contribution in [-0.2, 0) is 10.3 Å². The lowest BCUT2D eigenvalue weighted by Gasteiger charge is -2.33. The number of halogens is 2. The highest BCUT2D eigenvalue weighted by Crippen LogP contribution is 2.43. The van der Waals surface area contributed by atoms with Crippen LogP contribution in [-0.4, -0.2) is 22.7 Å². The maximum Gasteiger partial charge on any atom is 0.336 e. The molecule has 0 saturated heterocycles. The van der Waals surface area contributed by atoms with E-state index in [1.54, 1.807) is 0 Å². The maximum absolute atomic E-state index is 13.7. The monoisotopic (exact) mass is 423 g/mol. The van der Waals surface area contributed by atoms with Crippen LogP contribution in [0.5, 0.6) is 0 Å². The fraction of sp³-hybridized carbons (Fsp3) is 0.167. The Balaban J connectivity index is 1.86. The minimum atomic E-state index is -1.16. The molecule has 1 unspecified atom stereocenters. The van der Waals surface area contributed by atoms with Crippen LogP contribution in [0.3, 0.4) is 0 Å². The molecule has 3 aromatic rings. The highest BCUT2D eigenvalue weighted by atomic mass is 35.5. The van der Waals surface area contributed by atoms with E-state index in [1.807, 2.05) is 49.4 Å². The summed E-state index contributed by atoms with van der Waals surface area (Å²) in [5.41, 5.74) is 1.62. The Bertz CT molecular complexity index is 1190. The second-order valence-electron chi connectivity index (χ2n) is 7.04. The van der Waals surface area contributed by atoms with Crippen LogP contribution in [0.4, 0.5) is 4.39 Å². The molecule has 1 aliphatic carbocycles. The third-order valence-corrected chi connectivity index (χ3v) is 5.49. The number of hydrogen-bond donors (Lipinski definition) is 1. The largest absolute Gasteiger partial charge is 0.478 e. The number of carboxylic acids is 1. The summed E-state index contributed by atoms with van der Waals surface area (Å²) in [6.45, 7) is 2.23. The minimum Gasteiger partial charge on any atom is -0.478 e. The van der Waals surface area contributed by atoms with Gasteiger partial charge in [0.05, 0.1) is 16.8 Å². The van der Waals surface area contributed by atoms with Crippen LogP contribution in [0.15, 0.2) is 71.8 Å². The number of carboxylic acid groups (broad SMARTS) is 1. The average Bonchev–Trinajstić information content (AvgIpc) is 2.73. The van der Waals surface area contributed by atoms with Gasteiger partial charge in [0.2, 0.25) is 0 Å². The fourth-order valence-electron chi connectivity index (χ4n) is 3.76. The highest BCUT2D eigenvalue weighted by molar-refractivity contribution is 6.33. The van der Waals surface area contributed by atoms with E-state index in [4.69, 9.17) is 16.3 Å². The summed E-state index contributed by atoms with van der Waals surface area (Å²) in [7, 11) is 0. The van der Waals surface area contributed by atoms with E-state index in [0.29, 0.717) is 29.3 Å². The van der Waals surface area contributed by atoms with Crippen molar-refractivity contribution in [3.8, 4) is 0 Å². The Morgan fingerprint density at radius 1 is 1.23 bits per heavy atom. The van der Waals surface area contributed by atoms with Crippen LogP contribution in [0.2, 0.25) is 0 Å². The molecule has 1 aliphatic rings. The first kappa shape index (κ1) is 20.3. The zero-order valence-electron chi connectivity index (χ0n) is 16.2. The Labute approximate surface area is 178 Å². The lowest BCUT2D eigenvalue weighted by Crippen LogP contribution is -2.31. The number of nitrogens with zero attached hydrogens (tertiary/aromatic N) is 1. The van der Waals surface area contributed by atoms with Gasteiger partial charge in [-0.3, -0.25) is 0 Å². The molecule has 4 nitrogen and oxygen atoms in total. The normalized spacial score (nSPS) is 18.8. The van der Waals surface area contributed by atoms with Crippen molar-refractivity contribution >= 4 is 34.0 Å². The van der Waals surface area contributed by atoms with Crippen molar-refractivity contribution in [3.05, 3.63) is 94.4 Å². The molecule has 0 spiro atoms. The molecule has 0 aliphatic heterocycles. The van der Waals surface area contributed by atoms with Crippen molar-refractivity contribution in [1.82, 2.24) is 4.98 Å². The number of ether oxygens (including phenoxy) is 1. The first-order chi connectivity index (χ1) is 14.4. The molecular formula is C24H19ClFNO3. The van der Waals surface area contributed by atoms with Gasteiger partial charge in [-0.15, -0.1) is 0 Å². The SMILES string of the molecule is CCOC1(c2cc(C(=O)O)c3cc(F)ccc3n2)C=CC(c2ccccc2)=C(Cl)C1. The van der Waals surface area contributed by atoms with E-state index >= 15 is 0 Å². The van der Waals surface area contributed by atoms with Gasteiger partial charge < -0.3 is 9.84 Å². The number of pyridine rings is 1. The molecule has 0 saturated carbocycles. The highest BCUT2D eigenvalue weighted by Gasteiger charge is 2.37. The molecule has 1 atom stereocenters. The van der Waals surface area contributed by atoms with Gasteiger partial charge in [-0.05, 0) is 48.4 Å². The number of fused-ring (bicyclic) bond motifs is 1. The van der Waals surface area contributed by atoms with Gasteiger partial charge in [0, 0.05) is 23.4 Å². The summed E-state index contributed by atoms with van der Waals surface area (Å²) in [6.07, 6.45) is 4.06. The van der Waals surface area contributed by atoms with E-state index < -0.39 is 17.4 Å². The molecule has 0 bridgehead atoms. The summed E-state index contributed by atoms with van der Waals surface area (Å²) in [6, 6.07) is 15.1. The van der Waals surface area contributed by atoms with Crippen molar-refractivity contribution < 1.29 is 19.0 Å². The van der Waals surface area contributed by atoms with Gasteiger partial charge in [0.15, 0.2) is 0 Å². The van der Waals surface area contributed by atoms with Crippen molar-refractivity contribution in [2.75, 3.05) is 6.61 Å². The molecule has 6 heteroatoms. The van der Waals surface area contributed by atoms with E-state index in [0.717, 1.165) is 11.1 Å². The van der Waals surface area contributed by atoms with Gasteiger partial charge in [-0.2, -0.15) is 0 Å². The first-order valence-electron chi connectivity index (χ1n) is 9.55. The molecule has 1 heterocycles. The summed E-state index contributed by atoms with van der Waals surface area (Å²) < 4.78 is 19.8. The van der Waals surface area contributed by atoms with Crippen molar-refractivity contribution in [1.29, 1.82) is 0 Å². The Morgan fingerprint density at radius 3 is 2.67 bits per heavy atom. The zero-order valence-corrected chi connectivity index (χ0v) is 17.0. The number of allylic oxidation sites excluding steroid dienone is 2. The van der Waals surface area contributed by atoms with Crippen LogP contribution in [0.1, 0.15) is 35.0 Å². The zero-order chi connectivity index (χ0) is 21.3.